The van der Waals surface area contributed by atoms with Crippen molar-refractivity contribution in [3.8, 4) is 23.0 Å². The number of carboxylic acids is 1. The van der Waals surface area contributed by atoms with Crippen molar-refractivity contribution in [3.63, 3.8) is 0 Å². The first kappa shape index (κ1) is 23.8. The van der Waals surface area contributed by atoms with Gasteiger partial charge in [-0.15, -0.1) is 0 Å². The number of carbonyl (C=O) groups excluding carboxylic acids is 1. The van der Waals surface area contributed by atoms with Gasteiger partial charge in [0.2, 0.25) is 5.89 Å². The Morgan fingerprint density at radius 2 is 1.67 bits per heavy atom. The van der Waals surface area contributed by atoms with Gasteiger partial charge in [0, 0.05) is 12.1 Å². The van der Waals surface area contributed by atoms with E-state index in [-0.39, 0.29) is 6.54 Å². The summed E-state index contributed by atoms with van der Waals surface area (Å²) in [6, 6.07) is 14.5. The van der Waals surface area contributed by atoms with Gasteiger partial charge in [-0.3, -0.25) is 9.69 Å². The lowest BCUT2D eigenvalue weighted by Crippen LogP contribution is -2.38. The number of ether oxygens (including phenoxy) is 2. The maximum atomic E-state index is 12.5. The molecular formula is C25H28N2O6. The van der Waals surface area contributed by atoms with E-state index in [4.69, 9.17) is 13.9 Å². The Labute approximate surface area is 192 Å². The maximum Gasteiger partial charge on any atom is 0.415 e. The van der Waals surface area contributed by atoms with E-state index >= 15 is 0 Å². The number of hydrogen-bond donors (Lipinski definition) is 1. The van der Waals surface area contributed by atoms with Crippen molar-refractivity contribution in [2.75, 3.05) is 20.2 Å². The highest BCUT2D eigenvalue weighted by molar-refractivity contribution is 5.78. The van der Waals surface area contributed by atoms with Crippen LogP contribution in [0.15, 0.2) is 52.9 Å². The number of rotatable bonds is 10. The number of methoxy groups -OCH3 is 1. The summed E-state index contributed by atoms with van der Waals surface area (Å²) in [6.45, 7) is 3.72. The number of hydrogen-bond acceptors (Lipinski definition) is 6. The largest absolute Gasteiger partial charge is 0.497 e. The molecule has 0 spiro atoms. The van der Waals surface area contributed by atoms with Crippen molar-refractivity contribution in [2.45, 2.75) is 33.1 Å². The van der Waals surface area contributed by atoms with Gasteiger partial charge in [-0.2, -0.15) is 0 Å². The van der Waals surface area contributed by atoms with Crippen LogP contribution in [0.4, 0.5) is 4.79 Å². The average Bonchev–Trinajstić information content (AvgIpc) is 3.17. The molecule has 8 nitrogen and oxygen atoms in total. The number of carbonyl (C=O) groups is 2. The number of amides is 1. The molecule has 0 aliphatic carbocycles. The van der Waals surface area contributed by atoms with Crippen LogP contribution in [0, 0.1) is 13.8 Å². The molecular weight excluding hydrogens is 424 g/mol. The second-order valence-electron chi connectivity index (χ2n) is 7.70. The first-order valence-corrected chi connectivity index (χ1v) is 10.7. The molecule has 1 heterocycles. The zero-order valence-electron chi connectivity index (χ0n) is 19.0. The van der Waals surface area contributed by atoms with Crippen LogP contribution >= 0.6 is 0 Å². The average molecular weight is 453 g/mol. The fraction of sp³-hybridized carbons (Fsp3) is 0.320. The van der Waals surface area contributed by atoms with Crippen LogP contribution in [0.2, 0.25) is 0 Å². The number of nitrogens with zero attached hydrogens (tertiary/aromatic N) is 2. The predicted molar refractivity (Wildman–Crippen MR) is 123 cm³/mol. The van der Waals surface area contributed by atoms with Gasteiger partial charge in [0.1, 0.15) is 23.8 Å². The minimum absolute atomic E-state index is 0.253. The van der Waals surface area contributed by atoms with Gasteiger partial charge in [0.15, 0.2) is 0 Å². The van der Waals surface area contributed by atoms with Crippen molar-refractivity contribution in [3.05, 3.63) is 65.5 Å². The van der Waals surface area contributed by atoms with Gasteiger partial charge >= 0.3 is 12.1 Å². The Morgan fingerprint density at radius 3 is 2.30 bits per heavy atom. The Morgan fingerprint density at radius 1 is 1.00 bits per heavy atom. The van der Waals surface area contributed by atoms with Crippen LogP contribution in [-0.2, 0) is 11.2 Å². The molecule has 2 aromatic carbocycles. The van der Waals surface area contributed by atoms with E-state index in [1.165, 1.54) is 10.5 Å². The number of aryl methyl sites for hydroxylation is 3. The summed E-state index contributed by atoms with van der Waals surface area (Å²) < 4.78 is 16.2. The summed E-state index contributed by atoms with van der Waals surface area (Å²) >= 11 is 0. The van der Waals surface area contributed by atoms with Crippen LogP contribution < -0.4 is 9.47 Å². The topological polar surface area (TPSA) is 102 Å². The van der Waals surface area contributed by atoms with E-state index < -0.39 is 18.6 Å². The third kappa shape index (κ3) is 6.83. The molecule has 174 valence electrons. The van der Waals surface area contributed by atoms with E-state index in [1.54, 1.807) is 31.4 Å². The highest BCUT2D eigenvalue weighted by atomic mass is 16.6. The smallest absolute Gasteiger partial charge is 0.415 e. The molecule has 0 fully saturated rings. The van der Waals surface area contributed by atoms with E-state index in [2.05, 4.69) is 4.98 Å². The SMILES string of the molecule is COc1ccc(OC(=O)N(CCCCc2nc(-c3ccc(C)cc3)oc2C)CC(=O)O)cc1. The molecule has 0 radical (unpaired) electrons. The highest BCUT2D eigenvalue weighted by Gasteiger charge is 2.19. The lowest BCUT2D eigenvalue weighted by molar-refractivity contribution is -0.137. The molecule has 1 aromatic heterocycles. The monoisotopic (exact) mass is 452 g/mol. The van der Waals surface area contributed by atoms with Gasteiger partial charge in [0.25, 0.3) is 0 Å². The lowest BCUT2D eigenvalue weighted by atomic mass is 10.1. The summed E-state index contributed by atoms with van der Waals surface area (Å²) in [7, 11) is 1.54. The highest BCUT2D eigenvalue weighted by Crippen LogP contribution is 2.23. The molecule has 1 N–H and O–H groups in total. The van der Waals surface area contributed by atoms with E-state index in [1.807, 2.05) is 38.1 Å². The van der Waals surface area contributed by atoms with Crippen LogP contribution in [0.1, 0.15) is 29.9 Å². The van der Waals surface area contributed by atoms with Gasteiger partial charge in [-0.1, -0.05) is 17.7 Å². The second kappa shape index (κ2) is 11.2. The third-order valence-corrected chi connectivity index (χ3v) is 5.13. The third-order valence-electron chi connectivity index (χ3n) is 5.13. The number of aliphatic carboxylic acids is 1. The molecule has 0 atom stereocenters. The van der Waals surface area contributed by atoms with E-state index in [0.29, 0.717) is 36.7 Å². The summed E-state index contributed by atoms with van der Waals surface area (Å²) in [5, 5.41) is 9.18. The number of benzene rings is 2. The van der Waals surface area contributed by atoms with Gasteiger partial charge < -0.3 is 19.0 Å². The normalized spacial score (nSPS) is 10.6. The Hall–Kier alpha value is -3.81. The van der Waals surface area contributed by atoms with Crippen LogP contribution in [0.5, 0.6) is 11.5 Å². The van der Waals surface area contributed by atoms with Crippen molar-refractivity contribution < 1.29 is 28.6 Å². The molecule has 8 heteroatoms. The van der Waals surface area contributed by atoms with Crippen LogP contribution in [-0.4, -0.2) is 47.3 Å². The number of unbranched alkanes of at least 4 members (excludes halogenated alkanes) is 1. The molecule has 33 heavy (non-hydrogen) atoms. The Kier molecular flexibility index (Phi) is 8.07. The number of aromatic nitrogens is 1. The zero-order valence-corrected chi connectivity index (χ0v) is 19.0. The summed E-state index contributed by atoms with van der Waals surface area (Å²) in [5.41, 5.74) is 2.94. The quantitative estimate of drug-likeness (QED) is 0.438. The number of carboxylic acid groups (broad SMARTS) is 1. The summed E-state index contributed by atoms with van der Waals surface area (Å²) in [5.74, 6) is 1.19. The molecule has 3 aromatic rings. The van der Waals surface area contributed by atoms with Crippen LogP contribution in [0.25, 0.3) is 11.5 Å². The summed E-state index contributed by atoms with van der Waals surface area (Å²) in [4.78, 5) is 29.5. The van der Waals surface area contributed by atoms with Crippen molar-refractivity contribution in [2.24, 2.45) is 0 Å². The van der Waals surface area contributed by atoms with E-state index in [0.717, 1.165) is 17.0 Å². The molecule has 0 aliphatic heterocycles. The zero-order chi connectivity index (χ0) is 23.8. The van der Waals surface area contributed by atoms with Crippen molar-refractivity contribution in [1.82, 2.24) is 9.88 Å². The molecule has 0 unspecified atom stereocenters. The van der Waals surface area contributed by atoms with Crippen molar-refractivity contribution in [1.29, 1.82) is 0 Å². The Bertz CT molecular complexity index is 1070. The standard InChI is InChI=1S/C25H28N2O6/c1-17-7-9-19(10-8-17)24-26-22(18(2)32-24)6-4-5-15-27(16-23(28)29)25(30)33-21-13-11-20(31-3)12-14-21/h7-14H,4-6,15-16H2,1-3H3,(H,28,29). The Balaban J connectivity index is 1.54. The summed E-state index contributed by atoms with van der Waals surface area (Å²) in [6.07, 6.45) is 1.27. The molecule has 3 rings (SSSR count). The van der Waals surface area contributed by atoms with Crippen molar-refractivity contribution >= 4 is 12.1 Å². The minimum Gasteiger partial charge on any atom is -0.497 e. The second-order valence-corrected chi connectivity index (χ2v) is 7.70. The minimum atomic E-state index is -1.10. The fourth-order valence-electron chi connectivity index (χ4n) is 3.28. The lowest BCUT2D eigenvalue weighted by Gasteiger charge is -2.20. The molecule has 0 bridgehead atoms. The first-order valence-electron chi connectivity index (χ1n) is 10.7. The first-order chi connectivity index (χ1) is 15.9. The number of oxazole rings is 1. The molecule has 0 saturated carbocycles. The fourth-order valence-corrected chi connectivity index (χ4v) is 3.28. The predicted octanol–water partition coefficient (Wildman–Crippen LogP) is 4.88. The van der Waals surface area contributed by atoms with Crippen LogP contribution in [0.3, 0.4) is 0 Å². The molecule has 0 aliphatic rings. The maximum absolute atomic E-state index is 12.5. The van der Waals surface area contributed by atoms with E-state index in [9.17, 15) is 14.7 Å². The molecule has 0 saturated heterocycles. The van der Waals surface area contributed by atoms with Gasteiger partial charge in [-0.05, 0) is 69.5 Å². The van der Waals surface area contributed by atoms with Gasteiger partial charge in [0.05, 0.1) is 12.8 Å². The molecule has 1 amide bonds. The van der Waals surface area contributed by atoms with Gasteiger partial charge in [-0.25, -0.2) is 9.78 Å².